The third kappa shape index (κ3) is 4.35. The second kappa shape index (κ2) is 7.28. The molecule has 0 fully saturated rings. The van der Waals surface area contributed by atoms with Gasteiger partial charge < -0.3 is 10.1 Å². The van der Waals surface area contributed by atoms with E-state index in [2.05, 4.69) is 11.4 Å². The van der Waals surface area contributed by atoms with E-state index in [-0.39, 0.29) is 18.6 Å². The molecule has 4 heteroatoms. The van der Waals surface area contributed by atoms with Crippen molar-refractivity contribution in [2.75, 3.05) is 6.61 Å². The highest BCUT2D eigenvalue weighted by Crippen LogP contribution is 2.22. The largest absolute Gasteiger partial charge is 0.484 e. The number of hydrogen-bond donors (Lipinski definition) is 1. The quantitative estimate of drug-likeness (QED) is 0.921. The molecule has 2 aromatic rings. The smallest absolute Gasteiger partial charge is 0.258 e. The minimum absolute atomic E-state index is 0.00833. The van der Waals surface area contributed by atoms with Gasteiger partial charge in [0.1, 0.15) is 5.75 Å². The molecule has 0 unspecified atom stereocenters. The van der Waals surface area contributed by atoms with E-state index in [4.69, 9.17) is 10.00 Å². The molecule has 0 aliphatic heterocycles. The molecule has 0 aromatic heterocycles. The van der Waals surface area contributed by atoms with Crippen molar-refractivity contribution in [2.24, 2.45) is 0 Å². The molecular weight excluding hydrogens is 276 g/mol. The Labute approximate surface area is 130 Å². The van der Waals surface area contributed by atoms with Crippen molar-refractivity contribution in [3.8, 4) is 22.9 Å². The van der Waals surface area contributed by atoms with Gasteiger partial charge in [-0.1, -0.05) is 24.3 Å². The molecule has 1 N–H and O–H groups in total. The summed E-state index contributed by atoms with van der Waals surface area (Å²) in [6.45, 7) is 3.82. The van der Waals surface area contributed by atoms with Crippen LogP contribution in [0.2, 0.25) is 0 Å². The number of rotatable bonds is 5. The number of ether oxygens (including phenoxy) is 1. The van der Waals surface area contributed by atoms with Gasteiger partial charge in [-0.3, -0.25) is 4.79 Å². The monoisotopic (exact) mass is 294 g/mol. The van der Waals surface area contributed by atoms with Gasteiger partial charge in [0, 0.05) is 6.04 Å². The molecule has 2 rings (SSSR count). The summed E-state index contributed by atoms with van der Waals surface area (Å²) in [6, 6.07) is 17.1. The molecule has 112 valence electrons. The Bertz CT molecular complexity index is 668. The van der Waals surface area contributed by atoms with Gasteiger partial charge in [0.25, 0.3) is 5.91 Å². The molecule has 0 aliphatic rings. The lowest BCUT2D eigenvalue weighted by Crippen LogP contribution is -2.34. The van der Waals surface area contributed by atoms with Crippen LogP contribution >= 0.6 is 0 Å². The number of nitriles is 1. The van der Waals surface area contributed by atoms with Crippen LogP contribution in [0.1, 0.15) is 19.4 Å². The fraction of sp³-hybridized carbons (Fsp3) is 0.222. The van der Waals surface area contributed by atoms with Gasteiger partial charge in [0.15, 0.2) is 6.61 Å². The third-order valence-corrected chi connectivity index (χ3v) is 3.02. The molecule has 2 aromatic carbocycles. The van der Waals surface area contributed by atoms with Gasteiger partial charge in [0.05, 0.1) is 11.6 Å². The Morgan fingerprint density at radius 1 is 1.09 bits per heavy atom. The van der Waals surface area contributed by atoms with Gasteiger partial charge in [-0.2, -0.15) is 5.26 Å². The zero-order valence-electron chi connectivity index (χ0n) is 12.7. The van der Waals surface area contributed by atoms with Crippen molar-refractivity contribution in [3.63, 3.8) is 0 Å². The Kier molecular flexibility index (Phi) is 5.16. The lowest BCUT2D eigenvalue weighted by Gasteiger charge is -2.10. The second-order valence-corrected chi connectivity index (χ2v) is 5.22. The molecule has 0 radical (unpaired) electrons. The molecule has 0 bridgehead atoms. The van der Waals surface area contributed by atoms with Crippen LogP contribution in [-0.2, 0) is 4.79 Å². The van der Waals surface area contributed by atoms with E-state index in [0.717, 1.165) is 11.1 Å². The third-order valence-electron chi connectivity index (χ3n) is 3.02. The van der Waals surface area contributed by atoms with Crippen molar-refractivity contribution < 1.29 is 9.53 Å². The van der Waals surface area contributed by atoms with Crippen LogP contribution in [0.3, 0.4) is 0 Å². The molecule has 0 saturated heterocycles. The topological polar surface area (TPSA) is 62.1 Å². The zero-order valence-corrected chi connectivity index (χ0v) is 12.7. The van der Waals surface area contributed by atoms with Crippen molar-refractivity contribution in [2.45, 2.75) is 19.9 Å². The van der Waals surface area contributed by atoms with E-state index in [0.29, 0.717) is 11.3 Å². The number of amides is 1. The molecular formula is C18H18N2O2. The molecule has 4 nitrogen and oxygen atoms in total. The first kappa shape index (κ1) is 15.6. The first-order valence-electron chi connectivity index (χ1n) is 7.11. The molecule has 0 spiro atoms. The Hall–Kier alpha value is -2.80. The molecule has 0 heterocycles. The molecule has 0 saturated carbocycles. The van der Waals surface area contributed by atoms with Crippen LogP contribution in [0, 0.1) is 11.3 Å². The zero-order chi connectivity index (χ0) is 15.9. The lowest BCUT2D eigenvalue weighted by atomic mass is 10.0. The van der Waals surface area contributed by atoms with E-state index in [9.17, 15) is 4.79 Å². The van der Waals surface area contributed by atoms with Crippen molar-refractivity contribution in [3.05, 3.63) is 54.1 Å². The van der Waals surface area contributed by atoms with Gasteiger partial charge in [0.2, 0.25) is 0 Å². The van der Waals surface area contributed by atoms with Crippen LogP contribution in [0.15, 0.2) is 48.5 Å². The summed E-state index contributed by atoms with van der Waals surface area (Å²) >= 11 is 0. The first-order valence-corrected chi connectivity index (χ1v) is 7.11. The highest BCUT2D eigenvalue weighted by Gasteiger charge is 2.04. The van der Waals surface area contributed by atoms with Crippen molar-refractivity contribution in [1.29, 1.82) is 5.26 Å². The fourth-order valence-electron chi connectivity index (χ4n) is 1.99. The average Bonchev–Trinajstić information content (AvgIpc) is 2.53. The number of nitrogens with one attached hydrogen (secondary N) is 1. The predicted octanol–water partition coefficient (Wildman–Crippen LogP) is 3.13. The standard InChI is InChI=1S/C18H18N2O2/c1-13(2)20-18(21)12-22-17-9-7-16(8-10-17)15-5-3-14(11-19)4-6-15/h3-10,13H,12H2,1-2H3,(H,20,21). The van der Waals surface area contributed by atoms with Crippen molar-refractivity contribution in [1.82, 2.24) is 5.32 Å². The summed E-state index contributed by atoms with van der Waals surface area (Å²) in [7, 11) is 0. The average molecular weight is 294 g/mol. The van der Waals surface area contributed by atoms with E-state index in [1.54, 1.807) is 12.1 Å². The summed E-state index contributed by atoms with van der Waals surface area (Å²) < 4.78 is 5.44. The van der Waals surface area contributed by atoms with Gasteiger partial charge in [-0.05, 0) is 49.2 Å². The van der Waals surface area contributed by atoms with Crippen LogP contribution in [-0.4, -0.2) is 18.6 Å². The highest BCUT2D eigenvalue weighted by molar-refractivity contribution is 5.77. The van der Waals surface area contributed by atoms with Crippen molar-refractivity contribution >= 4 is 5.91 Å². The number of benzene rings is 2. The second-order valence-electron chi connectivity index (χ2n) is 5.22. The van der Waals surface area contributed by atoms with E-state index in [1.807, 2.05) is 50.2 Å². The highest BCUT2D eigenvalue weighted by atomic mass is 16.5. The number of carbonyl (C=O) groups excluding carboxylic acids is 1. The minimum Gasteiger partial charge on any atom is -0.484 e. The van der Waals surface area contributed by atoms with Crippen LogP contribution in [0.25, 0.3) is 11.1 Å². The Morgan fingerprint density at radius 3 is 2.14 bits per heavy atom. The molecule has 0 aliphatic carbocycles. The van der Waals surface area contributed by atoms with Crippen LogP contribution in [0.4, 0.5) is 0 Å². The summed E-state index contributed by atoms with van der Waals surface area (Å²) in [5.41, 5.74) is 2.70. The summed E-state index contributed by atoms with van der Waals surface area (Å²) in [5, 5.41) is 11.6. The van der Waals surface area contributed by atoms with Crippen LogP contribution in [0.5, 0.6) is 5.75 Å². The fourth-order valence-corrected chi connectivity index (χ4v) is 1.99. The van der Waals surface area contributed by atoms with Gasteiger partial charge in [-0.25, -0.2) is 0 Å². The summed E-state index contributed by atoms with van der Waals surface area (Å²) in [4.78, 5) is 11.5. The molecule has 0 atom stereocenters. The predicted molar refractivity (Wildman–Crippen MR) is 85.4 cm³/mol. The maximum atomic E-state index is 11.5. The SMILES string of the molecule is CC(C)NC(=O)COc1ccc(-c2ccc(C#N)cc2)cc1. The van der Waals surface area contributed by atoms with Gasteiger partial charge in [-0.15, -0.1) is 0 Å². The summed E-state index contributed by atoms with van der Waals surface area (Å²) in [5.74, 6) is 0.516. The number of hydrogen-bond acceptors (Lipinski definition) is 3. The van der Waals surface area contributed by atoms with Crippen LogP contribution < -0.4 is 10.1 Å². The number of carbonyl (C=O) groups is 1. The van der Waals surface area contributed by atoms with E-state index >= 15 is 0 Å². The normalized spacial score (nSPS) is 10.1. The Balaban J connectivity index is 1.98. The van der Waals surface area contributed by atoms with Gasteiger partial charge >= 0.3 is 0 Å². The first-order chi connectivity index (χ1) is 10.6. The maximum absolute atomic E-state index is 11.5. The molecule has 22 heavy (non-hydrogen) atoms. The van der Waals surface area contributed by atoms with E-state index < -0.39 is 0 Å². The minimum atomic E-state index is -0.133. The molecule has 1 amide bonds. The van der Waals surface area contributed by atoms with E-state index in [1.165, 1.54) is 0 Å². The maximum Gasteiger partial charge on any atom is 0.258 e. The Morgan fingerprint density at radius 2 is 1.64 bits per heavy atom. The summed E-state index contributed by atoms with van der Waals surface area (Å²) in [6.07, 6.45) is 0. The number of nitrogens with zero attached hydrogens (tertiary/aromatic N) is 1. The lowest BCUT2D eigenvalue weighted by molar-refractivity contribution is -0.123.